The van der Waals surface area contributed by atoms with Gasteiger partial charge in [0.25, 0.3) is 0 Å². The summed E-state index contributed by atoms with van der Waals surface area (Å²) in [7, 11) is 1.19. The van der Waals surface area contributed by atoms with E-state index >= 15 is 0 Å². The van der Waals surface area contributed by atoms with Gasteiger partial charge in [0.05, 0.1) is 24.3 Å². The standard InChI is InChI=1S/C16H20F4O2/c1-4-9-15(10-11(2)17,14(21)22-3)12-5-7-13(8-6-12)16(18,19)20/h5-8,11H,4,9-10H2,1-3H3. The number of esters is 1. The second-order valence-electron chi connectivity index (χ2n) is 5.38. The van der Waals surface area contributed by atoms with Crippen molar-refractivity contribution in [3.8, 4) is 0 Å². The lowest BCUT2D eigenvalue weighted by atomic mass is 9.73. The summed E-state index contributed by atoms with van der Waals surface area (Å²) in [6.45, 7) is 3.14. The first-order valence-electron chi connectivity index (χ1n) is 7.07. The Morgan fingerprint density at radius 1 is 1.18 bits per heavy atom. The molecular formula is C16H20F4O2. The second-order valence-corrected chi connectivity index (χ2v) is 5.38. The Morgan fingerprint density at radius 2 is 1.68 bits per heavy atom. The summed E-state index contributed by atoms with van der Waals surface area (Å²) < 4.78 is 56.3. The van der Waals surface area contributed by atoms with Crippen molar-refractivity contribution in [3.05, 3.63) is 35.4 Å². The molecule has 0 bridgehead atoms. The molecule has 6 heteroatoms. The normalized spacial score (nSPS) is 16.0. The van der Waals surface area contributed by atoms with Crippen molar-refractivity contribution in [2.75, 3.05) is 7.11 Å². The molecule has 0 amide bonds. The van der Waals surface area contributed by atoms with Gasteiger partial charge in [0.2, 0.25) is 0 Å². The van der Waals surface area contributed by atoms with Crippen LogP contribution in [-0.2, 0) is 21.1 Å². The Hall–Kier alpha value is -1.59. The van der Waals surface area contributed by atoms with Crippen LogP contribution in [0, 0.1) is 0 Å². The van der Waals surface area contributed by atoms with Crippen LogP contribution in [0.15, 0.2) is 24.3 Å². The molecule has 0 spiro atoms. The van der Waals surface area contributed by atoms with E-state index in [1.165, 1.54) is 26.2 Å². The third-order valence-corrected chi connectivity index (χ3v) is 3.65. The lowest BCUT2D eigenvalue weighted by Gasteiger charge is -2.32. The molecule has 2 nitrogen and oxygen atoms in total. The summed E-state index contributed by atoms with van der Waals surface area (Å²) in [4.78, 5) is 12.2. The number of methoxy groups -OCH3 is 1. The van der Waals surface area contributed by atoms with Gasteiger partial charge in [-0.3, -0.25) is 4.79 Å². The van der Waals surface area contributed by atoms with Crippen molar-refractivity contribution in [2.45, 2.75) is 50.9 Å². The molecule has 1 aromatic carbocycles. The molecule has 0 fully saturated rings. The number of hydrogen-bond donors (Lipinski definition) is 0. The van der Waals surface area contributed by atoms with Crippen molar-refractivity contribution in [1.29, 1.82) is 0 Å². The van der Waals surface area contributed by atoms with Gasteiger partial charge < -0.3 is 4.74 Å². The fraction of sp³-hybridized carbons (Fsp3) is 0.562. The molecule has 0 N–H and O–H groups in total. The Balaban J connectivity index is 3.33. The van der Waals surface area contributed by atoms with Crippen LogP contribution in [0.3, 0.4) is 0 Å². The van der Waals surface area contributed by atoms with Gasteiger partial charge in [-0.15, -0.1) is 0 Å². The fourth-order valence-electron chi connectivity index (χ4n) is 2.75. The minimum atomic E-state index is -4.45. The molecule has 0 aliphatic carbocycles. The highest BCUT2D eigenvalue weighted by Crippen LogP contribution is 2.38. The Labute approximate surface area is 127 Å². The number of ether oxygens (including phenoxy) is 1. The van der Waals surface area contributed by atoms with Crippen molar-refractivity contribution < 1.29 is 27.1 Å². The topological polar surface area (TPSA) is 26.3 Å². The Morgan fingerprint density at radius 3 is 2.05 bits per heavy atom. The maximum atomic E-state index is 13.6. The van der Waals surface area contributed by atoms with E-state index in [2.05, 4.69) is 0 Å². The lowest BCUT2D eigenvalue weighted by Crippen LogP contribution is -2.39. The van der Waals surface area contributed by atoms with E-state index in [1.807, 2.05) is 6.92 Å². The summed E-state index contributed by atoms with van der Waals surface area (Å²) in [5.41, 5.74) is -1.72. The molecule has 0 radical (unpaired) electrons. The van der Waals surface area contributed by atoms with Gasteiger partial charge in [0, 0.05) is 0 Å². The minimum Gasteiger partial charge on any atom is -0.468 e. The SMILES string of the molecule is CCCC(CC(C)F)(C(=O)OC)c1ccc(C(F)(F)F)cc1. The van der Waals surface area contributed by atoms with Crippen LogP contribution in [0.25, 0.3) is 0 Å². The van der Waals surface area contributed by atoms with Crippen LogP contribution < -0.4 is 0 Å². The van der Waals surface area contributed by atoms with Gasteiger partial charge in [0.1, 0.15) is 0 Å². The smallest absolute Gasteiger partial charge is 0.416 e. The maximum Gasteiger partial charge on any atom is 0.416 e. The van der Waals surface area contributed by atoms with Crippen LogP contribution in [0.4, 0.5) is 17.6 Å². The number of benzene rings is 1. The van der Waals surface area contributed by atoms with Gasteiger partial charge >= 0.3 is 12.1 Å². The highest BCUT2D eigenvalue weighted by molar-refractivity contribution is 5.83. The second kappa shape index (κ2) is 7.11. The molecule has 2 unspecified atom stereocenters. The largest absolute Gasteiger partial charge is 0.468 e. The van der Waals surface area contributed by atoms with Gasteiger partial charge in [-0.25, -0.2) is 4.39 Å². The van der Waals surface area contributed by atoms with Gasteiger partial charge in [-0.05, 0) is 37.5 Å². The predicted octanol–water partition coefficient (Wildman–Crippen LogP) is 4.66. The van der Waals surface area contributed by atoms with Crippen LogP contribution >= 0.6 is 0 Å². The van der Waals surface area contributed by atoms with E-state index in [0.29, 0.717) is 18.4 Å². The first-order valence-corrected chi connectivity index (χ1v) is 7.07. The summed E-state index contributed by atoms with van der Waals surface area (Å²) in [5, 5.41) is 0. The molecule has 22 heavy (non-hydrogen) atoms. The minimum absolute atomic E-state index is 0.126. The highest BCUT2D eigenvalue weighted by Gasteiger charge is 2.42. The molecule has 2 atom stereocenters. The van der Waals surface area contributed by atoms with Crippen molar-refractivity contribution in [1.82, 2.24) is 0 Å². The molecule has 0 saturated carbocycles. The fourth-order valence-corrected chi connectivity index (χ4v) is 2.75. The molecular weight excluding hydrogens is 300 g/mol. The zero-order valence-corrected chi connectivity index (χ0v) is 12.8. The van der Waals surface area contributed by atoms with E-state index < -0.39 is 29.3 Å². The zero-order chi connectivity index (χ0) is 17.0. The average Bonchev–Trinajstić information content (AvgIpc) is 2.44. The van der Waals surface area contributed by atoms with Crippen LogP contribution in [0.2, 0.25) is 0 Å². The van der Waals surface area contributed by atoms with Crippen LogP contribution in [0.1, 0.15) is 44.2 Å². The van der Waals surface area contributed by atoms with E-state index in [9.17, 15) is 22.4 Å². The Bertz CT molecular complexity index is 494. The van der Waals surface area contributed by atoms with Crippen LogP contribution in [-0.4, -0.2) is 19.3 Å². The number of carbonyl (C=O) groups excluding carboxylic acids is 1. The molecule has 0 saturated heterocycles. The summed E-state index contributed by atoms with van der Waals surface area (Å²) in [5.74, 6) is -0.626. The first-order chi connectivity index (χ1) is 10.2. The first kappa shape index (κ1) is 18.5. The van der Waals surface area contributed by atoms with Crippen molar-refractivity contribution >= 4 is 5.97 Å². The van der Waals surface area contributed by atoms with E-state index in [-0.39, 0.29) is 6.42 Å². The van der Waals surface area contributed by atoms with Gasteiger partial charge in [-0.2, -0.15) is 13.2 Å². The number of rotatable bonds is 6. The third kappa shape index (κ3) is 3.99. The summed E-state index contributed by atoms with van der Waals surface area (Å²) >= 11 is 0. The molecule has 0 aromatic heterocycles. The molecule has 1 rings (SSSR count). The molecule has 0 aliphatic rings. The Kier molecular flexibility index (Phi) is 5.97. The van der Waals surface area contributed by atoms with Crippen LogP contribution in [0.5, 0.6) is 0 Å². The third-order valence-electron chi connectivity index (χ3n) is 3.65. The van der Waals surface area contributed by atoms with E-state index in [0.717, 1.165) is 12.1 Å². The molecule has 0 aliphatic heterocycles. The monoisotopic (exact) mass is 320 g/mol. The number of hydrogen-bond acceptors (Lipinski definition) is 2. The molecule has 0 heterocycles. The number of halogens is 4. The van der Waals surface area contributed by atoms with Gasteiger partial charge in [-0.1, -0.05) is 25.5 Å². The maximum absolute atomic E-state index is 13.6. The van der Waals surface area contributed by atoms with Crippen molar-refractivity contribution in [2.24, 2.45) is 0 Å². The van der Waals surface area contributed by atoms with Crippen molar-refractivity contribution in [3.63, 3.8) is 0 Å². The zero-order valence-electron chi connectivity index (χ0n) is 12.8. The number of carbonyl (C=O) groups is 1. The van der Waals surface area contributed by atoms with E-state index in [4.69, 9.17) is 4.74 Å². The average molecular weight is 320 g/mol. The molecule has 124 valence electrons. The summed E-state index contributed by atoms with van der Waals surface area (Å²) in [6.07, 6.45) is -4.99. The predicted molar refractivity (Wildman–Crippen MR) is 75.2 cm³/mol. The lowest BCUT2D eigenvalue weighted by molar-refractivity contribution is -0.149. The van der Waals surface area contributed by atoms with E-state index in [1.54, 1.807) is 0 Å². The van der Waals surface area contributed by atoms with Gasteiger partial charge in [0.15, 0.2) is 0 Å². The molecule has 1 aromatic rings. The highest BCUT2D eigenvalue weighted by atomic mass is 19.4. The number of alkyl halides is 4. The quantitative estimate of drug-likeness (QED) is 0.563. The summed E-state index contributed by atoms with van der Waals surface area (Å²) in [6, 6.07) is 4.28.